The normalized spacial score (nSPS) is 47.9. The highest BCUT2D eigenvalue weighted by atomic mass is 16.8. The lowest BCUT2D eigenvalue weighted by atomic mass is 9.39. The number of fused-ring (bicyclic) bond motifs is 5. The lowest BCUT2D eigenvalue weighted by Crippen LogP contribution is -2.81. The Morgan fingerprint density at radius 2 is 1.41 bits per heavy atom. The Bertz CT molecular complexity index is 2140. The zero-order valence-electron chi connectivity index (χ0n) is 43.3. The Morgan fingerprint density at radius 1 is 0.740 bits per heavy atom. The molecule has 4 saturated carbocycles. The number of carbonyl (C=O) groups is 3. The van der Waals surface area contributed by atoms with E-state index in [-0.39, 0.29) is 49.1 Å². The molecule has 0 spiro atoms. The molecule has 410 valence electrons. The molecule has 3 aliphatic heterocycles. The van der Waals surface area contributed by atoms with Crippen LogP contribution in [0, 0.1) is 28.6 Å². The van der Waals surface area contributed by atoms with Crippen molar-refractivity contribution in [2.75, 3.05) is 20.8 Å². The van der Waals surface area contributed by atoms with Crippen molar-refractivity contribution in [3.8, 4) is 0 Å². The summed E-state index contributed by atoms with van der Waals surface area (Å²) < 4.78 is 61.9. The third-order valence-corrected chi connectivity index (χ3v) is 18.4. The number of hydrogen-bond donors (Lipinski definition) is 7. The minimum Gasteiger partial charge on any atom is -0.455 e. The van der Waals surface area contributed by atoms with E-state index >= 15 is 0 Å². The number of esters is 2. The second kappa shape index (κ2) is 21.8. The molecule has 7 fully saturated rings. The summed E-state index contributed by atoms with van der Waals surface area (Å²) in [6.07, 6.45) is -14.8. The molecule has 8 rings (SSSR count). The van der Waals surface area contributed by atoms with Gasteiger partial charge in [-0.2, -0.15) is 0 Å². The smallest absolute Gasteiger partial charge is 0.338 e. The van der Waals surface area contributed by atoms with Gasteiger partial charge in [-0.05, 0) is 103 Å². The third-order valence-electron chi connectivity index (χ3n) is 18.4. The number of allylic oxidation sites excluding steroid dienone is 1. The van der Waals surface area contributed by atoms with Gasteiger partial charge in [-0.25, -0.2) is 9.59 Å². The molecule has 20 nitrogen and oxygen atoms in total. The molecule has 24 atom stereocenters. The summed E-state index contributed by atoms with van der Waals surface area (Å²) in [5.41, 5.74) is -5.55. The lowest BCUT2D eigenvalue weighted by molar-refractivity contribution is -0.371. The van der Waals surface area contributed by atoms with Crippen LogP contribution in [-0.2, 0) is 57.0 Å². The van der Waals surface area contributed by atoms with Crippen LogP contribution in [0.2, 0.25) is 0 Å². The monoisotopic (exact) mass is 1030 g/mol. The Kier molecular flexibility index (Phi) is 16.8. The molecule has 0 radical (unpaired) electrons. The number of carbonyl (C=O) groups excluding carboxylic acids is 3. The van der Waals surface area contributed by atoms with Crippen LogP contribution in [0.4, 0.5) is 0 Å². The van der Waals surface area contributed by atoms with Crippen LogP contribution < -0.4 is 0 Å². The Balaban J connectivity index is 0.984. The maximum absolute atomic E-state index is 14.1. The highest BCUT2D eigenvalue weighted by Crippen LogP contribution is 2.71. The van der Waals surface area contributed by atoms with E-state index in [0.29, 0.717) is 31.3 Å². The maximum Gasteiger partial charge on any atom is 0.338 e. The van der Waals surface area contributed by atoms with Gasteiger partial charge in [-0.15, -0.1) is 0 Å². The number of aliphatic hydroxyl groups is 7. The van der Waals surface area contributed by atoms with Crippen molar-refractivity contribution in [1.82, 2.24) is 0 Å². The van der Waals surface area contributed by atoms with Gasteiger partial charge in [0.1, 0.15) is 78.0 Å². The van der Waals surface area contributed by atoms with Gasteiger partial charge in [0.25, 0.3) is 0 Å². The van der Waals surface area contributed by atoms with E-state index in [1.54, 1.807) is 71.0 Å². The standard InChI is InChI=1S/C53H78O20/c1-10-25(2)46(60)70-43-44-50(6)19-17-31(22-30(50)16-20-52(44,62)53(63)21-18-32(26(3)55)51(53,7)45(43)73-47(61)29-14-12-11-13-15-29)68-35-23-33(64-8)40(27(4)66-35)71-49-39(59)42(65-9)41(28(5)67-49)72-48-38(58)37(57)36(56)34(24-54)69-48/h10-15,27-28,30-45,48-49,54,56-59,62-63H,16-24H2,1-9H3/b25-10+/t27?,28?,30-,31-,32+,33+,34?,35-,36+,37-,38?,39?,40+,41+,42+,43-,44+,45+,48-,49-,50-,51-,52-,53+/m0/s1. The van der Waals surface area contributed by atoms with E-state index in [0.717, 1.165) is 0 Å². The van der Waals surface area contributed by atoms with Gasteiger partial charge < -0.3 is 83.1 Å². The summed E-state index contributed by atoms with van der Waals surface area (Å²) in [4.78, 5) is 41.7. The van der Waals surface area contributed by atoms with Crippen LogP contribution in [0.5, 0.6) is 0 Å². The first kappa shape index (κ1) is 56.2. The molecule has 3 heterocycles. The second-order valence-electron chi connectivity index (χ2n) is 22.1. The predicted molar refractivity (Wildman–Crippen MR) is 254 cm³/mol. The van der Waals surface area contributed by atoms with Crippen molar-refractivity contribution in [2.45, 2.75) is 215 Å². The first-order valence-corrected chi connectivity index (χ1v) is 25.9. The van der Waals surface area contributed by atoms with E-state index < -0.39 is 151 Å². The summed E-state index contributed by atoms with van der Waals surface area (Å²) in [6.45, 7) is 11.3. The molecule has 0 amide bonds. The SMILES string of the molecule is C/C=C(\C)C(=O)O[C@@H]1[C@@H](OC(=O)c2ccccc2)[C@]2(C)[C@@H](C(C)=O)CC[C@]2(O)[C@]2(O)CC[C@H]3C[C@@H](O[C@H]4C[C@@H](OC)[C@H](O[C@@H]5OC(C)[C@@H](O[C@@H]6OC(CO)[C@@H](O)[C@H](O)C6O)[C@H](OC)C5O)C(C)O4)CC[C@]3(C)[C@@H]12. The molecule has 20 heteroatoms. The molecule has 7 N–H and O–H groups in total. The van der Waals surface area contributed by atoms with E-state index in [1.807, 2.05) is 6.92 Å². The largest absolute Gasteiger partial charge is 0.455 e. The van der Waals surface area contributed by atoms with Gasteiger partial charge in [0, 0.05) is 43.5 Å². The molecular formula is C53H78O20. The number of rotatable bonds is 14. The minimum absolute atomic E-state index is 0.0715. The molecular weight excluding hydrogens is 957 g/mol. The van der Waals surface area contributed by atoms with Crippen molar-refractivity contribution in [2.24, 2.45) is 28.6 Å². The van der Waals surface area contributed by atoms with E-state index in [9.17, 15) is 50.1 Å². The van der Waals surface area contributed by atoms with Crippen molar-refractivity contribution in [3.63, 3.8) is 0 Å². The first-order chi connectivity index (χ1) is 34.5. The summed E-state index contributed by atoms with van der Waals surface area (Å²) in [7, 11) is 2.89. The van der Waals surface area contributed by atoms with Gasteiger partial charge in [-0.1, -0.05) is 38.1 Å². The van der Waals surface area contributed by atoms with Crippen LogP contribution in [0.15, 0.2) is 42.0 Å². The molecule has 0 aromatic heterocycles. The molecule has 3 saturated heterocycles. The average Bonchev–Trinajstić information content (AvgIpc) is 3.66. The fraction of sp³-hybridized carbons (Fsp3) is 0.792. The zero-order chi connectivity index (χ0) is 53.1. The fourth-order valence-electron chi connectivity index (χ4n) is 14.2. The van der Waals surface area contributed by atoms with Crippen molar-refractivity contribution in [1.29, 1.82) is 0 Å². The quantitative estimate of drug-likeness (QED) is 0.0797. The van der Waals surface area contributed by atoms with Crippen molar-refractivity contribution in [3.05, 3.63) is 47.5 Å². The molecule has 5 unspecified atom stereocenters. The summed E-state index contributed by atoms with van der Waals surface area (Å²) in [6, 6.07) is 8.38. The molecule has 1 aromatic carbocycles. The van der Waals surface area contributed by atoms with Crippen molar-refractivity contribution >= 4 is 17.7 Å². The number of benzene rings is 1. The lowest BCUT2D eigenvalue weighted by Gasteiger charge is -2.69. The van der Waals surface area contributed by atoms with E-state index in [2.05, 4.69) is 0 Å². The molecule has 7 aliphatic rings. The number of Topliss-reactive ketones (excluding diaryl/α,β-unsaturated/α-hetero) is 1. The second-order valence-corrected chi connectivity index (χ2v) is 22.1. The molecule has 1 aromatic rings. The number of ether oxygens (including phenoxy) is 10. The van der Waals surface area contributed by atoms with Gasteiger partial charge in [0.15, 0.2) is 18.9 Å². The van der Waals surface area contributed by atoms with Crippen LogP contribution in [-0.4, -0.2) is 190 Å². The number of aliphatic hydroxyl groups excluding tert-OH is 5. The highest BCUT2D eigenvalue weighted by molar-refractivity contribution is 5.90. The van der Waals surface area contributed by atoms with Crippen LogP contribution in [0.1, 0.15) is 110 Å². The fourth-order valence-corrected chi connectivity index (χ4v) is 14.2. The summed E-state index contributed by atoms with van der Waals surface area (Å²) in [5, 5.41) is 79.1. The Labute approximate surface area is 426 Å². The topological polar surface area (TPSA) is 285 Å². The zero-order valence-corrected chi connectivity index (χ0v) is 43.3. The minimum atomic E-state index is -1.91. The highest BCUT2D eigenvalue weighted by Gasteiger charge is 2.81. The number of ketones is 1. The molecule has 0 bridgehead atoms. The number of methoxy groups -OCH3 is 2. The number of hydrogen-bond acceptors (Lipinski definition) is 20. The van der Waals surface area contributed by atoms with Gasteiger partial charge in [0.05, 0.1) is 36.6 Å². The van der Waals surface area contributed by atoms with Gasteiger partial charge >= 0.3 is 11.9 Å². The van der Waals surface area contributed by atoms with Crippen LogP contribution in [0.25, 0.3) is 0 Å². The van der Waals surface area contributed by atoms with Crippen LogP contribution in [0.3, 0.4) is 0 Å². The predicted octanol–water partition coefficient (Wildman–Crippen LogP) is 2.01. The first-order valence-electron chi connectivity index (χ1n) is 25.9. The van der Waals surface area contributed by atoms with E-state index in [4.69, 9.17) is 47.4 Å². The van der Waals surface area contributed by atoms with Gasteiger partial charge in [-0.3, -0.25) is 4.79 Å². The Morgan fingerprint density at radius 3 is 2.05 bits per heavy atom. The molecule has 73 heavy (non-hydrogen) atoms. The van der Waals surface area contributed by atoms with Crippen LogP contribution >= 0.6 is 0 Å². The van der Waals surface area contributed by atoms with E-state index in [1.165, 1.54) is 21.1 Å². The summed E-state index contributed by atoms with van der Waals surface area (Å²) >= 11 is 0. The van der Waals surface area contributed by atoms with Crippen molar-refractivity contribution < 1.29 is 97.5 Å². The molecule has 4 aliphatic carbocycles. The average molecular weight is 1040 g/mol. The Hall–Kier alpha value is -3.03. The summed E-state index contributed by atoms with van der Waals surface area (Å²) in [5.74, 6) is -3.48. The van der Waals surface area contributed by atoms with Gasteiger partial charge in [0.2, 0.25) is 0 Å². The third kappa shape index (κ3) is 9.66. The maximum atomic E-state index is 14.1.